The van der Waals surface area contributed by atoms with Crippen LogP contribution < -0.4 is 5.73 Å². The van der Waals surface area contributed by atoms with Crippen molar-refractivity contribution in [2.24, 2.45) is 5.73 Å². The van der Waals surface area contributed by atoms with Crippen molar-refractivity contribution in [3.05, 3.63) is 35.1 Å². The summed E-state index contributed by atoms with van der Waals surface area (Å²) in [6.07, 6.45) is -4.98. The van der Waals surface area contributed by atoms with E-state index in [1.54, 1.807) is 6.92 Å². The number of rotatable bonds is 4. The molecule has 1 atom stereocenters. The highest BCUT2D eigenvalue weighted by Gasteiger charge is 2.32. The smallest absolute Gasteiger partial charge is 0.416 e. The molecule has 0 aromatic heterocycles. The molecule has 1 rings (SSSR count). The Kier molecular flexibility index (Phi) is 4.88. The largest absolute Gasteiger partial charge is 0.466 e. The summed E-state index contributed by atoms with van der Waals surface area (Å²) in [4.78, 5) is 11.2. The summed E-state index contributed by atoms with van der Waals surface area (Å²) in [5.74, 6) is -1.70. The molecule has 1 aromatic rings. The molecular formula is C12H13F4NO2. The maximum absolute atomic E-state index is 13.1. The van der Waals surface area contributed by atoms with Crippen LogP contribution in [0.2, 0.25) is 0 Å². The van der Waals surface area contributed by atoms with Gasteiger partial charge in [-0.1, -0.05) is 0 Å². The lowest BCUT2D eigenvalue weighted by Gasteiger charge is -2.14. The first kappa shape index (κ1) is 15.4. The lowest BCUT2D eigenvalue weighted by molar-refractivity contribution is -0.143. The molecule has 106 valence electrons. The summed E-state index contributed by atoms with van der Waals surface area (Å²) in [6, 6.07) is 0.933. The molecule has 1 unspecified atom stereocenters. The van der Waals surface area contributed by atoms with E-state index in [-0.39, 0.29) is 18.6 Å². The predicted molar refractivity (Wildman–Crippen MR) is 59.6 cm³/mol. The summed E-state index contributed by atoms with van der Waals surface area (Å²) in [5.41, 5.74) is 4.34. The Morgan fingerprint density at radius 2 is 2.00 bits per heavy atom. The van der Waals surface area contributed by atoms with Crippen molar-refractivity contribution in [3.8, 4) is 0 Å². The van der Waals surface area contributed by atoms with Gasteiger partial charge in [0, 0.05) is 6.04 Å². The molecule has 19 heavy (non-hydrogen) atoms. The number of carbonyl (C=O) groups is 1. The van der Waals surface area contributed by atoms with Crippen LogP contribution in [0.1, 0.15) is 30.5 Å². The molecule has 0 aliphatic rings. The fourth-order valence-corrected chi connectivity index (χ4v) is 1.51. The first-order chi connectivity index (χ1) is 8.74. The molecular weight excluding hydrogens is 266 g/mol. The number of esters is 1. The third kappa shape index (κ3) is 4.51. The third-order valence-corrected chi connectivity index (χ3v) is 2.37. The van der Waals surface area contributed by atoms with Crippen LogP contribution in [0.5, 0.6) is 0 Å². The summed E-state index contributed by atoms with van der Waals surface area (Å²) < 4.78 is 55.2. The SMILES string of the molecule is CCOC(=O)CC(N)c1cc(F)cc(C(F)(F)F)c1. The topological polar surface area (TPSA) is 52.3 Å². The zero-order chi connectivity index (χ0) is 14.6. The molecule has 0 amide bonds. The molecule has 0 aliphatic heterocycles. The van der Waals surface area contributed by atoms with E-state index in [4.69, 9.17) is 5.73 Å². The van der Waals surface area contributed by atoms with E-state index in [1.807, 2.05) is 0 Å². The van der Waals surface area contributed by atoms with E-state index in [1.165, 1.54) is 0 Å². The predicted octanol–water partition coefficient (Wildman–Crippen LogP) is 2.80. The van der Waals surface area contributed by atoms with Crippen LogP contribution in [0.15, 0.2) is 18.2 Å². The number of hydrogen-bond donors (Lipinski definition) is 1. The van der Waals surface area contributed by atoms with Crippen LogP contribution in [-0.2, 0) is 15.7 Å². The summed E-state index contributed by atoms with van der Waals surface area (Å²) in [5, 5.41) is 0. The van der Waals surface area contributed by atoms with Gasteiger partial charge in [-0.2, -0.15) is 13.2 Å². The quantitative estimate of drug-likeness (QED) is 0.681. The summed E-state index contributed by atoms with van der Waals surface area (Å²) in [6.45, 7) is 1.73. The van der Waals surface area contributed by atoms with Gasteiger partial charge in [0.2, 0.25) is 0 Å². The van der Waals surface area contributed by atoms with Crippen molar-refractivity contribution < 1.29 is 27.1 Å². The lowest BCUT2D eigenvalue weighted by Crippen LogP contribution is -2.18. The van der Waals surface area contributed by atoms with Gasteiger partial charge in [-0.15, -0.1) is 0 Å². The van der Waals surface area contributed by atoms with E-state index in [0.29, 0.717) is 6.07 Å². The molecule has 7 heteroatoms. The fraction of sp³-hybridized carbons (Fsp3) is 0.417. The fourth-order valence-electron chi connectivity index (χ4n) is 1.51. The van der Waals surface area contributed by atoms with Crippen LogP contribution >= 0.6 is 0 Å². The molecule has 0 fully saturated rings. The zero-order valence-electron chi connectivity index (χ0n) is 10.1. The number of alkyl halides is 3. The van der Waals surface area contributed by atoms with Gasteiger partial charge >= 0.3 is 12.1 Å². The number of carbonyl (C=O) groups excluding carboxylic acids is 1. The molecule has 1 aromatic carbocycles. The molecule has 0 aliphatic carbocycles. The Labute approximate surface area is 107 Å². The highest BCUT2D eigenvalue weighted by molar-refractivity contribution is 5.70. The van der Waals surface area contributed by atoms with Gasteiger partial charge in [0.15, 0.2) is 0 Å². The normalized spacial score (nSPS) is 13.2. The standard InChI is InChI=1S/C12H13F4NO2/c1-2-19-11(18)6-10(17)7-3-8(12(14,15)16)5-9(13)4-7/h3-5,10H,2,6,17H2,1H3. The Hall–Kier alpha value is -1.63. The average molecular weight is 279 g/mol. The van der Waals surface area contributed by atoms with Crippen molar-refractivity contribution in [1.29, 1.82) is 0 Å². The second-order valence-electron chi connectivity index (χ2n) is 3.89. The average Bonchev–Trinajstić information content (AvgIpc) is 2.27. The van der Waals surface area contributed by atoms with Crippen molar-refractivity contribution in [1.82, 2.24) is 0 Å². The van der Waals surface area contributed by atoms with Crippen molar-refractivity contribution in [2.45, 2.75) is 25.6 Å². The number of nitrogens with two attached hydrogens (primary N) is 1. The first-order valence-electron chi connectivity index (χ1n) is 5.53. The second kappa shape index (κ2) is 6.01. The van der Waals surface area contributed by atoms with Gasteiger partial charge in [-0.25, -0.2) is 4.39 Å². The molecule has 0 spiro atoms. The molecule has 0 bridgehead atoms. The second-order valence-corrected chi connectivity index (χ2v) is 3.89. The molecule has 0 radical (unpaired) electrons. The lowest BCUT2D eigenvalue weighted by atomic mass is 10.0. The van der Waals surface area contributed by atoms with E-state index >= 15 is 0 Å². The van der Waals surface area contributed by atoms with Gasteiger partial charge in [0.1, 0.15) is 5.82 Å². The maximum Gasteiger partial charge on any atom is 0.416 e. The van der Waals surface area contributed by atoms with Crippen LogP contribution in [0.4, 0.5) is 17.6 Å². The minimum atomic E-state index is -4.67. The van der Waals surface area contributed by atoms with Crippen LogP contribution in [0.25, 0.3) is 0 Å². The minimum Gasteiger partial charge on any atom is -0.466 e. The molecule has 2 N–H and O–H groups in total. The molecule has 0 heterocycles. The van der Waals surface area contributed by atoms with Gasteiger partial charge < -0.3 is 10.5 Å². The Balaban J connectivity index is 2.94. The van der Waals surface area contributed by atoms with Crippen LogP contribution in [0, 0.1) is 5.82 Å². The van der Waals surface area contributed by atoms with Gasteiger partial charge in [0.05, 0.1) is 18.6 Å². The third-order valence-electron chi connectivity index (χ3n) is 2.37. The first-order valence-corrected chi connectivity index (χ1v) is 5.53. The molecule has 0 saturated heterocycles. The van der Waals surface area contributed by atoms with Crippen LogP contribution in [-0.4, -0.2) is 12.6 Å². The van der Waals surface area contributed by atoms with E-state index in [2.05, 4.69) is 4.74 Å². The number of halogens is 4. The molecule has 0 saturated carbocycles. The van der Waals surface area contributed by atoms with Crippen LogP contribution in [0.3, 0.4) is 0 Å². The minimum absolute atomic E-state index is 0.0969. The number of ether oxygens (including phenoxy) is 1. The van der Waals surface area contributed by atoms with E-state index < -0.39 is 29.6 Å². The Morgan fingerprint density at radius 3 is 2.53 bits per heavy atom. The van der Waals surface area contributed by atoms with Crippen molar-refractivity contribution in [2.75, 3.05) is 6.61 Å². The van der Waals surface area contributed by atoms with E-state index in [9.17, 15) is 22.4 Å². The highest BCUT2D eigenvalue weighted by atomic mass is 19.4. The van der Waals surface area contributed by atoms with Gasteiger partial charge in [-0.05, 0) is 30.7 Å². The Morgan fingerprint density at radius 1 is 1.37 bits per heavy atom. The highest BCUT2D eigenvalue weighted by Crippen LogP contribution is 2.31. The monoisotopic (exact) mass is 279 g/mol. The summed E-state index contributed by atoms with van der Waals surface area (Å²) >= 11 is 0. The van der Waals surface area contributed by atoms with E-state index in [0.717, 1.165) is 12.1 Å². The maximum atomic E-state index is 13.1. The van der Waals surface area contributed by atoms with Crippen molar-refractivity contribution >= 4 is 5.97 Å². The molecule has 3 nitrogen and oxygen atoms in total. The number of benzene rings is 1. The Bertz CT molecular complexity index is 460. The van der Waals surface area contributed by atoms with Gasteiger partial charge in [0.25, 0.3) is 0 Å². The summed E-state index contributed by atoms with van der Waals surface area (Å²) in [7, 11) is 0. The van der Waals surface area contributed by atoms with Crippen molar-refractivity contribution in [3.63, 3.8) is 0 Å². The number of hydrogen-bond acceptors (Lipinski definition) is 3. The van der Waals surface area contributed by atoms with Gasteiger partial charge in [-0.3, -0.25) is 4.79 Å². The zero-order valence-corrected chi connectivity index (χ0v) is 10.1.